The molecule has 16 nitrogen and oxygen atoms in total. The first-order chi connectivity index (χ1) is 48.2. The van der Waals surface area contributed by atoms with E-state index in [2.05, 4.69) is 130 Å². The summed E-state index contributed by atoms with van der Waals surface area (Å²) in [5, 5.41) is 20.6. The molecule has 0 saturated carbocycles. The highest BCUT2D eigenvalue weighted by molar-refractivity contribution is 7.47. The lowest BCUT2D eigenvalue weighted by atomic mass is 10.0. The highest BCUT2D eigenvalue weighted by atomic mass is 31.2. The maximum absolute atomic E-state index is 12.9. The molecule has 0 spiro atoms. The van der Waals surface area contributed by atoms with Crippen LogP contribution in [0.3, 0.4) is 0 Å². The van der Waals surface area contributed by atoms with Crippen molar-refractivity contribution in [3.05, 3.63) is 109 Å². The summed E-state index contributed by atoms with van der Waals surface area (Å²) in [5.74, 6) is -1.59. The zero-order valence-electron chi connectivity index (χ0n) is 62.4. The first kappa shape index (κ1) is 95.2. The van der Waals surface area contributed by atoms with E-state index in [1.165, 1.54) is 116 Å². The lowest BCUT2D eigenvalue weighted by Crippen LogP contribution is -2.30. The van der Waals surface area contributed by atoms with Crippen molar-refractivity contribution in [3.8, 4) is 0 Å². The second-order valence-corrected chi connectivity index (χ2v) is 29.0. The SMILES string of the molecule is CC/C=C\C/C=C\C/C=C\C/C=C\C/C=C\CCCCCCCCCCCCCCCCCCCC(=O)OCC(O)COP(=O)(O)OCC(O)COP(=O)(O)OCC(COC(=O)CCCCCCCCC/C=C\C/C=C\C/C=C\CC)OC(=O)CCCCCCC/C=C\CCCCCC. The van der Waals surface area contributed by atoms with E-state index in [9.17, 15) is 43.5 Å². The second kappa shape index (κ2) is 73.9. The minimum absolute atomic E-state index is 0.0927. The Morgan fingerprint density at radius 3 is 0.859 bits per heavy atom. The Bertz CT molecular complexity index is 2240. The molecule has 99 heavy (non-hydrogen) atoms. The van der Waals surface area contributed by atoms with Gasteiger partial charge < -0.3 is 34.2 Å². The third kappa shape index (κ3) is 75.2. The van der Waals surface area contributed by atoms with Gasteiger partial charge in [-0.05, 0) is 122 Å². The molecule has 0 aromatic rings. The van der Waals surface area contributed by atoms with Crippen molar-refractivity contribution >= 4 is 33.6 Å². The first-order valence-corrected chi connectivity index (χ1v) is 42.2. The number of aliphatic hydroxyl groups excluding tert-OH is 2. The lowest BCUT2D eigenvalue weighted by molar-refractivity contribution is -0.161. The molecule has 0 rings (SSSR count). The van der Waals surface area contributed by atoms with Crippen LogP contribution < -0.4 is 0 Å². The van der Waals surface area contributed by atoms with Gasteiger partial charge in [-0.1, -0.05) is 297 Å². The first-order valence-electron chi connectivity index (χ1n) is 39.2. The summed E-state index contributed by atoms with van der Waals surface area (Å²) in [7, 11) is -9.78. The van der Waals surface area contributed by atoms with Gasteiger partial charge in [0, 0.05) is 19.3 Å². The maximum Gasteiger partial charge on any atom is 0.472 e. The number of unbranched alkanes of at least 4 members (excludes halogenated alkanes) is 33. The number of hydrogen-bond donors (Lipinski definition) is 4. The van der Waals surface area contributed by atoms with Crippen LogP contribution >= 0.6 is 15.6 Å². The Kier molecular flexibility index (Phi) is 71.1. The molecule has 0 aliphatic carbocycles. The van der Waals surface area contributed by atoms with Crippen molar-refractivity contribution in [2.75, 3.05) is 39.6 Å². The molecule has 0 aliphatic rings. The lowest BCUT2D eigenvalue weighted by Gasteiger charge is -2.21. The van der Waals surface area contributed by atoms with Crippen molar-refractivity contribution in [3.63, 3.8) is 0 Å². The van der Waals surface area contributed by atoms with Gasteiger partial charge in [0.2, 0.25) is 0 Å². The van der Waals surface area contributed by atoms with Gasteiger partial charge in [-0.25, -0.2) is 9.13 Å². The molecule has 0 radical (unpaired) electrons. The van der Waals surface area contributed by atoms with Gasteiger partial charge in [-0.2, -0.15) is 0 Å². The maximum atomic E-state index is 12.9. The molecule has 0 aliphatic heterocycles. The Hall–Kier alpha value is -3.79. The molecule has 572 valence electrons. The van der Waals surface area contributed by atoms with Crippen LogP contribution in [0, 0.1) is 0 Å². The predicted octanol–water partition coefficient (Wildman–Crippen LogP) is 22.8. The summed E-state index contributed by atoms with van der Waals surface area (Å²) in [6, 6.07) is 0. The minimum Gasteiger partial charge on any atom is -0.463 e. The van der Waals surface area contributed by atoms with Crippen LogP contribution in [0.1, 0.15) is 329 Å². The third-order valence-electron chi connectivity index (χ3n) is 16.5. The van der Waals surface area contributed by atoms with Crippen LogP contribution in [0.25, 0.3) is 0 Å². The summed E-state index contributed by atoms with van der Waals surface area (Å²) in [6.45, 7) is 2.44. The largest absolute Gasteiger partial charge is 0.472 e. The molecule has 0 saturated heterocycles. The second-order valence-electron chi connectivity index (χ2n) is 26.1. The average molecular weight is 1430 g/mol. The molecule has 5 atom stereocenters. The van der Waals surface area contributed by atoms with Crippen LogP contribution in [-0.4, -0.2) is 95.9 Å². The number of rotatable bonds is 74. The Labute approximate surface area is 602 Å². The van der Waals surface area contributed by atoms with E-state index in [1.54, 1.807) is 0 Å². The van der Waals surface area contributed by atoms with E-state index in [4.69, 9.17) is 32.3 Å². The number of phosphoric acid groups is 2. The minimum atomic E-state index is -4.93. The van der Waals surface area contributed by atoms with Crippen LogP contribution in [0.4, 0.5) is 0 Å². The van der Waals surface area contributed by atoms with E-state index in [-0.39, 0.29) is 19.3 Å². The molecule has 0 heterocycles. The van der Waals surface area contributed by atoms with Crippen molar-refractivity contribution in [1.29, 1.82) is 0 Å². The summed E-state index contributed by atoms with van der Waals surface area (Å²) >= 11 is 0. The predicted molar refractivity (Wildman–Crippen MR) is 408 cm³/mol. The number of hydrogen-bond acceptors (Lipinski definition) is 14. The van der Waals surface area contributed by atoms with Crippen LogP contribution in [-0.2, 0) is 55.8 Å². The van der Waals surface area contributed by atoms with Gasteiger partial charge in [0.15, 0.2) is 6.10 Å². The van der Waals surface area contributed by atoms with E-state index in [0.717, 1.165) is 154 Å². The van der Waals surface area contributed by atoms with Gasteiger partial charge in [-0.15, -0.1) is 0 Å². The van der Waals surface area contributed by atoms with E-state index in [0.29, 0.717) is 19.3 Å². The Morgan fingerprint density at radius 1 is 0.293 bits per heavy atom. The van der Waals surface area contributed by atoms with Gasteiger partial charge >= 0.3 is 33.6 Å². The van der Waals surface area contributed by atoms with E-state index >= 15 is 0 Å². The molecule has 18 heteroatoms. The quantitative estimate of drug-likeness (QED) is 0.0146. The van der Waals surface area contributed by atoms with Crippen molar-refractivity contribution in [1.82, 2.24) is 0 Å². The highest BCUT2D eigenvalue weighted by Gasteiger charge is 2.29. The van der Waals surface area contributed by atoms with Gasteiger partial charge in [0.05, 0.1) is 26.4 Å². The number of aliphatic hydroxyl groups is 2. The Balaban J connectivity index is 4.37. The number of carbonyl (C=O) groups excluding carboxylic acids is 3. The monoisotopic (exact) mass is 1430 g/mol. The summed E-state index contributed by atoms with van der Waals surface area (Å²) in [4.78, 5) is 58.5. The number of ether oxygens (including phenoxy) is 3. The molecular formula is C81H142O16P2. The molecule has 4 N–H and O–H groups in total. The zero-order chi connectivity index (χ0) is 72.3. The van der Waals surface area contributed by atoms with Crippen molar-refractivity contribution in [2.24, 2.45) is 0 Å². The third-order valence-corrected chi connectivity index (χ3v) is 18.4. The summed E-state index contributed by atoms with van der Waals surface area (Å²) in [5.41, 5.74) is 0. The number of allylic oxidation sites excluding steroid dienone is 18. The number of phosphoric ester groups is 2. The van der Waals surface area contributed by atoms with Gasteiger partial charge in [-0.3, -0.25) is 32.5 Å². The summed E-state index contributed by atoms with van der Waals surface area (Å²) < 4.78 is 61.0. The Morgan fingerprint density at radius 2 is 0.535 bits per heavy atom. The normalized spacial score (nSPS) is 14.6. The zero-order valence-corrected chi connectivity index (χ0v) is 64.2. The van der Waals surface area contributed by atoms with Gasteiger partial charge in [0.25, 0.3) is 0 Å². The molecular weight excluding hydrogens is 1290 g/mol. The topological polar surface area (TPSA) is 231 Å². The highest BCUT2D eigenvalue weighted by Crippen LogP contribution is 2.45. The summed E-state index contributed by atoms with van der Waals surface area (Å²) in [6.07, 6.45) is 85.9. The number of esters is 3. The fraction of sp³-hybridized carbons (Fsp3) is 0.741. The fourth-order valence-corrected chi connectivity index (χ4v) is 12.1. The van der Waals surface area contributed by atoms with E-state index in [1.807, 2.05) is 0 Å². The van der Waals surface area contributed by atoms with Crippen LogP contribution in [0.5, 0.6) is 0 Å². The van der Waals surface area contributed by atoms with Crippen LogP contribution in [0.2, 0.25) is 0 Å². The van der Waals surface area contributed by atoms with Crippen LogP contribution in [0.15, 0.2) is 109 Å². The molecule has 0 aromatic carbocycles. The van der Waals surface area contributed by atoms with Crippen molar-refractivity contribution in [2.45, 2.75) is 347 Å². The fourth-order valence-electron chi connectivity index (χ4n) is 10.5. The molecule has 0 bridgehead atoms. The van der Waals surface area contributed by atoms with E-state index < -0.39 is 91.5 Å². The standard InChI is InChI=1S/C81H142O16P2/c1-4-7-10-13-16-19-22-25-27-29-30-31-32-33-34-35-36-37-38-39-40-41-42-43-44-46-48-50-52-55-58-61-64-67-79(84)91-70-76(82)71-93-98(87,88)94-72-77(83)73-95-99(89,90)96-75-78(97-81(86)69-66-63-60-57-54-49-24-21-18-15-12-9-6-3)74-92-80(85)68-65-62-59-56-53-51-47-45-28-26-23-20-17-14-11-8-5-2/h7-8,10-11,16-17,19-21,24-28,30-31,33-34,76-78,82-83H,4-6,9,12-15,18,22-23,29,32,35-75H2,1-3H3,(H,87,88)(H,89,90)/b10-7-,11-8-,19-16-,20-17-,24-21-,27-25-,28-26-,31-30-,34-33-. The molecule has 0 amide bonds. The van der Waals surface area contributed by atoms with Crippen molar-refractivity contribution < 1.29 is 75.8 Å². The molecule has 5 unspecified atom stereocenters. The molecule has 0 fully saturated rings. The molecule has 0 aromatic heterocycles. The number of carbonyl (C=O) groups is 3. The average Bonchev–Trinajstić information content (AvgIpc) is 1.38. The smallest absolute Gasteiger partial charge is 0.463 e. The van der Waals surface area contributed by atoms with Gasteiger partial charge in [0.1, 0.15) is 25.4 Å².